The molecule has 0 aromatic carbocycles. The van der Waals surface area contributed by atoms with Gasteiger partial charge in [-0.05, 0) is 19.4 Å². The molecular formula is C10H22N2O9. The van der Waals surface area contributed by atoms with Gasteiger partial charge in [0.2, 0.25) is 5.78 Å². The van der Waals surface area contributed by atoms with Crippen molar-refractivity contribution in [1.29, 1.82) is 0 Å². The van der Waals surface area contributed by atoms with E-state index in [1.165, 1.54) is 0 Å². The molecule has 0 spiro atoms. The maximum absolute atomic E-state index is 10.2. The smallest absolute Gasteiger partial charge is 0.372 e. The molecule has 0 heterocycles. The predicted molar refractivity (Wildman–Crippen MR) is 70.6 cm³/mol. The van der Waals surface area contributed by atoms with E-state index in [1.54, 1.807) is 0 Å². The Morgan fingerprint density at radius 1 is 0.952 bits per heavy atom. The van der Waals surface area contributed by atoms with Crippen LogP contribution in [0.2, 0.25) is 0 Å². The maximum Gasteiger partial charge on any atom is 0.372 e. The topological polar surface area (TPSA) is 244 Å². The SMILES string of the molecule is NCCCC(N)C(=O)O.O.O.O=C(O)CCC(=O)C(=O)O. The molecule has 0 aliphatic heterocycles. The van der Waals surface area contributed by atoms with Crippen LogP contribution in [-0.4, -0.2) is 62.5 Å². The molecule has 0 radical (unpaired) electrons. The highest BCUT2D eigenvalue weighted by Gasteiger charge is 2.12. The second kappa shape index (κ2) is 16.0. The van der Waals surface area contributed by atoms with Gasteiger partial charge in [0.1, 0.15) is 6.04 Å². The van der Waals surface area contributed by atoms with Gasteiger partial charge < -0.3 is 37.7 Å². The number of hydrogen-bond acceptors (Lipinski definition) is 6. The number of nitrogens with two attached hydrogens (primary N) is 2. The Kier molecular flexibility index (Phi) is 20.8. The summed E-state index contributed by atoms with van der Waals surface area (Å²) in [6.45, 7) is 0.501. The number of carboxylic acid groups (broad SMARTS) is 3. The van der Waals surface area contributed by atoms with Crippen molar-refractivity contribution in [3.8, 4) is 0 Å². The molecule has 11 nitrogen and oxygen atoms in total. The van der Waals surface area contributed by atoms with Gasteiger partial charge in [0.15, 0.2) is 0 Å². The second-order valence-corrected chi connectivity index (χ2v) is 3.50. The quantitative estimate of drug-likeness (QED) is 0.286. The first-order valence-corrected chi connectivity index (χ1v) is 5.38. The van der Waals surface area contributed by atoms with Gasteiger partial charge in [0.25, 0.3) is 0 Å². The van der Waals surface area contributed by atoms with Crippen LogP contribution in [0.4, 0.5) is 0 Å². The first-order chi connectivity index (χ1) is 8.72. The maximum atomic E-state index is 10.2. The van der Waals surface area contributed by atoms with Gasteiger partial charge in [-0.3, -0.25) is 14.4 Å². The van der Waals surface area contributed by atoms with Gasteiger partial charge in [-0.15, -0.1) is 0 Å². The van der Waals surface area contributed by atoms with E-state index >= 15 is 0 Å². The molecule has 126 valence electrons. The minimum atomic E-state index is -1.58. The first kappa shape index (κ1) is 27.3. The second-order valence-electron chi connectivity index (χ2n) is 3.50. The molecule has 0 bridgehead atoms. The monoisotopic (exact) mass is 314 g/mol. The van der Waals surface area contributed by atoms with E-state index in [9.17, 15) is 19.2 Å². The lowest BCUT2D eigenvalue weighted by Crippen LogP contribution is -2.30. The lowest BCUT2D eigenvalue weighted by molar-refractivity contribution is -0.149. The molecule has 0 aromatic rings. The molecule has 1 atom stereocenters. The third kappa shape index (κ3) is 20.4. The zero-order valence-electron chi connectivity index (χ0n) is 11.2. The van der Waals surface area contributed by atoms with Crippen LogP contribution in [-0.2, 0) is 19.2 Å². The zero-order valence-corrected chi connectivity index (χ0v) is 11.2. The molecular weight excluding hydrogens is 292 g/mol. The zero-order chi connectivity index (χ0) is 15.4. The Morgan fingerprint density at radius 2 is 1.43 bits per heavy atom. The fraction of sp³-hybridized carbons (Fsp3) is 0.600. The fourth-order valence-electron chi connectivity index (χ4n) is 0.789. The minimum Gasteiger partial charge on any atom is -0.481 e. The summed E-state index contributed by atoms with van der Waals surface area (Å²) < 4.78 is 0. The minimum absolute atomic E-state index is 0. The molecule has 0 amide bonds. The predicted octanol–water partition coefficient (Wildman–Crippen LogP) is -3.01. The average molecular weight is 314 g/mol. The Bertz CT molecular complexity index is 332. The normalized spacial score (nSPS) is 9.81. The number of Topliss-reactive ketones (excluding diaryl/α,β-unsaturated/α-hetero) is 1. The van der Waals surface area contributed by atoms with E-state index in [-0.39, 0.29) is 11.0 Å². The van der Waals surface area contributed by atoms with Crippen LogP contribution in [0.5, 0.6) is 0 Å². The third-order valence-electron chi connectivity index (χ3n) is 1.84. The molecule has 21 heavy (non-hydrogen) atoms. The number of ketones is 1. The van der Waals surface area contributed by atoms with Crippen molar-refractivity contribution in [3.05, 3.63) is 0 Å². The van der Waals surface area contributed by atoms with Gasteiger partial charge in [-0.1, -0.05) is 0 Å². The summed E-state index contributed by atoms with van der Waals surface area (Å²) in [7, 11) is 0. The van der Waals surface area contributed by atoms with Crippen LogP contribution < -0.4 is 11.5 Å². The van der Waals surface area contributed by atoms with E-state index in [4.69, 9.17) is 26.8 Å². The highest BCUT2D eigenvalue weighted by atomic mass is 16.4. The van der Waals surface area contributed by atoms with Crippen molar-refractivity contribution in [3.63, 3.8) is 0 Å². The molecule has 0 aliphatic rings. The summed E-state index contributed by atoms with van der Waals surface area (Å²) in [6, 6.07) is -0.742. The highest BCUT2D eigenvalue weighted by molar-refractivity contribution is 6.32. The van der Waals surface area contributed by atoms with Gasteiger partial charge >= 0.3 is 17.9 Å². The number of carboxylic acids is 3. The summed E-state index contributed by atoms with van der Waals surface area (Å²) >= 11 is 0. The summed E-state index contributed by atoms with van der Waals surface area (Å²) in [6.07, 6.45) is 0.273. The van der Waals surface area contributed by atoms with Crippen molar-refractivity contribution >= 4 is 23.7 Å². The molecule has 11 N–H and O–H groups in total. The van der Waals surface area contributed by atoms with Gasteiger partial charge in [0.05, 0.1) is 6.42 Å². The summed E-state index contributed by atoms with van der Waals surface area (Å²) in [5.41, 5.74) is 10.3. The lowest BCUT2D eigenvalue weighted by Gasteiger charge is -2.02. The molecule has 0 rings (SSSR count). The fourth-order valence-corrected chi connectivity index (χ4v) is 0.789. The Morgan fingerprint density at radius 3 is 1.71 bits per heavy atom. The standard InChI is InChI=1S/C5H12N2O2.C5H6O5.2H2O/c6-3-1-2-4(7)5(8)9;6-3(5(9)10)1-2-4(7)8;;/h4H,1-3,6-7H2,(H,8,9);1-2H2,(H,7,8)(H,9,10);2*1H2. The van der Waals surface area contributed by atoms with Crippen LogP contribution >= 0.6 is 0 Å². The van der Waals surface area contributed by atoms with Crippen LogP contribution in [0.3, 0.4) is 0 Å². The summed E-state index contributed by atoms with van der Waals surface area (Å²) in [5, 5.41) is 24.2. The summed E-state index contributed by atoms with van der Waals surface area (Å²) in [4.78, 5) is 39.8. The molecule has 0 aromatic heterocycles. The van der Waals surface area contributed by atoms with Crippen LogP contribution in [0.25, 0.3) is 0 Å². The molecule has 0 saturated heterocycles. The number of aliphatic carboxylic acids is 3. The number of hydrogen-bond donors (Lipinski definition) is 5. The molecule has 0 saturated carbocycles. The van der Waals surface area contributed by atoms with Crippen LogP contribution in [0, 0.1) is 0 Å². The van der Waals surface area contributed by atoms with Crippen molar-refractivity contribution in [2.45, 2.75) is 31.7 Å². The van der Waals surface area contributed by atoms with Gasteiger partial charge in [-0.2, -0.15) is 0 Å². The van der Waals surface area contributed by atoms with E-state index in [0.717, 1.165) is 0 Å². The van der Waals surface area contributed by atoms with Crippen molar-refractivity contribution in [1.82, 2.24) is 0 Å². The van der Waals surface area contributed by atoms with Crippen LogP contribution in [0.1, 0.15) is 25.7 Å². The molecule has 0 fully saturated rings. The van der Waals surface area contributed by atoms with Gasteiger partial charge in [-0.25, -0.2) is 4.79 Å². The number of rotatable bonds is 8. The first-order valence-electron chi connectivity index (χ1n) is 5.38. The third-order valence-corrected chi connectivity index (χ3v) is 1.84. The number of carbonyl (C=O) groups excluding carboxylic acids is 1. The highest BCUT2D eigenvalue weighted by Crippen LogP contribution is 1.91. The van der Waals surface area contributed by atoms with Crippen molar-refractivity contribution in [2.75, 3.05) is 6.54 Å². The molecule has 11 heteroatoms. The summed E-state index contributed by atoms with van der Waals surface area (Å²) in [5.74, 6) is -4.78. The molecule has 1 unspecified atom stereocenters. The van der Waals surface area contributed by atoms with E-state index in [1.807, 2.05) is 0 Å². The van der Waals surface area contributed by atoms with Gasteiger partial charge in [0, 0.05) is 6.42 Å². The Labute approximate surface area is 120 Å². The lowest BCUT2D eigenvalue weighted by atomic mass is 10.2. The Balaban J connectivity index is -0.000000126. The number of carbonyl (C=O) groups is 4. The average Bonchev–Trinajstić information content (AvgIpc) is 2.33. The van der Waals surface area contributed by atoms with Crippen molar-refractivity contribution < 1.29 is 45.5 Å². The molecule has 0 aliphatic carbocycles. The van der Waals surface area contributed by atoms with E-state index in [0.29, 0.717) is 19.4 Å². The van der Waals surface area contributed by atoms with E-state index in [2.05, 4.69) is 0 Å². The Hall–Kier alpha value is -2.08. The largest absolute Gasteiger partial charge is 0.481 e. The van der Waals surface area contributed by atoms with Crippen molar-refractivity contribution in [2.24, 2.45) is 11.5 Å². The van der Waals surface area contributed by atoms with E-state index < -0.39 is 42.6 Å². The van der Waals surface area contributed by atoms with Crippen LogP contribution in [0.15, 0.2) is 0 Å².